The van der Waals surface area contributed by atoms with Crippen LogP contribution < -0.4 is 36.7 Å². The lowest BCUT2D eigenvalue weighted by Gasteiger charge is -2.26. The number of aliphatic imine (C=N–C) groups is 1. The first-order valence-electron chi connectivity index (χ1n) is 14.8. The zero-order chi connectivity index (χ0) is 32.3. The molecule has 0 aromatic heterocycles. The predicted octanol–water partition coefficient (Wildman–Crippen LogP) is 1.01. The quantitative estimate of drug-likeness (QED) is 0.0345. The van der Waals surface area contributed by atoms with Crippen molar-refractivity contribution in [2.75, 3.05) is 13.1 Å². The van der Waals surface area contributed by atoms with Crippen molar-refractivity contribution in [1.82, 2.24) is 19.5 Å². The minimum Gasteiger partial charge on any atom is -0.370 e. The second-order valence-corrected chi connectivity index (χ2v) is 11.2. The minimum atomic E-state index is -0.994. The summed E-state index contributed by atoms with van der Waals surface area (Å²) in [6.45, 7) is 2.15. The Morgan fingerprint density at radius 2 is 1.18 bits per heavy atom. The molecule has 0 spiro atoms. The number of nitrogens with zero attached hydrogens (tertiary/aromatic N) is 1. The van der Waals surface area contributed by atoms with Crippen LogP contribution in [-0.4, -0.2) is 66.7 Å². The molecule has 4 atom stereocenters. The molecule has 0 saturated carbocycles. The molecular formula is C31H45IN8O4. The molecule has 0 bridgehead atoms. The van der Waals surface area contributed by atoms with Gasteiger partial charge in [0.15, 0.2) is 11.7 Å². The monoisotopic (exact) mass is 720 g/mol. The van der Waals surface area contributed by atoms with Crippen LogP contribution in [0.3, 0.4) is 0 Å². The number of benzene rings is 2. The van der Waals surface area contributed by atoms with E-state index in [1.54, 1.807) is 0 Å². The van der Waals surface area contributed by atoms with Crippen molar-refractivity contribution in [3.8, 4) is 0 Å². The van der Waals surface area contributed by atoms with Gasteiger partial charge in [-0.05, 0) is 63.1 Å². The van der Waals surface area contributed by atoms with Crippen molar-refractivity contribution < 1.29 is 19.2 Å². The van der Waals surface area contributed by atoms with E-state index in [0.29, 0.717) is 32.2 Å². The van der Waals surface area contributed by atoms with Crippen LogP contribution in [0.25, 0.3) is 0 Å². The van der Waals surface area contributed by atoms with Crippen molar-refractivity contribution >= 4 is 52.3 Å². The van der Waals surface area contributed by atoms with Crippen LogP contribution in [0.5, 0.6) is 0 Å². The summed E-state index contributed by atoms with van der Waals surface area (Å²) < 4.78 is 3.00. The molecule has 44 heavy (non-hydrogen) atoms. The van der Waals surface area contributed by atoms with Gasteiger partial charge in [-0.2, -0.15) is 0 Å². The number of halogens is 1. The van der Waals surface area contributed by atoms with E-state index in [1.165, 1.54) is 6.92 Å². The third-order valence-electron chi connectivity index (χ3n) is 6.98. The number of hydrogen-bond acceptors (Lipinski definition) is 7. The molecule has 0 aliphatic heterocycles. The third kappa shape index (κ3) is 13.8. The van der Waals surface area contributed by atoms with Crippen molar-refractivity contribution in [3.63, 3.8) is 0 Å². The molecule has 2 aromatic carbocycles. The number of guanidine groups is 1. The number of amides is 3. The molecule has 0 aliphatic rings. The van der Waals surface area contributed by atoms with Crippen LogP contribution in [0.2, 0.25) is 0 Å². The number of carbonyl (C=O) groups excluding carboxylic acids is 4. The van der Waals surface area contributed by atoms with Gasteiger partial charge in [-0.1, -0.05) is 60.7 Å². The topological polar surface area (TPSA) is 207 Å². The molecule has 4 unspecified atom stereocenters. The first-order chi connectivity index (χ1) is 21.1. The van der Waals surface area contributed by atoms with Crippen LogP contribution >= 0.6 is 22.9 Å². The zero-order valence-electron chi connectivity index (χ0n) is 25.1. The predicted molar refractivity (Wildman–Crippen MR) is 181 cm³/mol. The number of hydrogen-bond donors (Lipinski definition) is 7. The summed E-state index contributed by atoms with van der Waals surface area (Å²) in [5, 5.41) is 8.49. The standard InChI is InChI=1S/C31H45IN8O4/c1-21(41)24(15-8-9-17-33)37-28(42)25(16-10-18-36-31(34)35)38-29(43)26(19-22-11-4-2-5-12-22)39-30(44)27(40-32)20-23-13-6-3-7-14-23/h2-7,11-14,24-27,40H,8-10,15-20,33H2,1H3,(H,37,42)(H,38,43)(H,39,44)(H4,34,35,36). The summed E-state index contributed by atoms with van der Waals surface area (Å²) in [4.78, 5) is 56.8. The molecule has 240 valence electrons. The van der Waals surface area contributed by atoms with Crippen molar-refractivity contribution in [1.29, 1.82) is 0 Å². The van der Waals surface area contributed by atoms with Gasteiger partial charge in [-0.25, -0.2) is 3.53 Å². The summed E-state index contributed by atoms with van der Waals surface area (Å²) in [5.41, 5.74) is 18.3. The fraction of sp³-hybridized carbons (Fsp3) is 0.452. The summed E-state index contributed by atoms with van der Waals surface area (Å²) in [6, 6.07) is 15.6. The fourth-order valence-electron chi connectivity index (χ4n) is 4.55. The van der Waals surface area contributed by atoms with E-state index in [1.807, 2.05) is 83.5 Å². The lowest BCUT2D eigenvalue weighted by Crippen LogP contribution is -2.57. The van der Waals surface area contributed by atoms with Crippen molar-refractivity contribution in [3.05, 3.63) is 71.8 Å². The van der Waals surface area contributed by atoms with Gasteiger partial charge >= 0.3 is 0 Å². The lowest BCUT2D eigenvalue weighted by atomic mass is 10.0. The molecular weight excluding hydrogens is 675 g/mol. The van der Waals surface area contributed by atoms with Gasteiger partial charge in [0.25, 0.3) is 0 Å². The second-order valence-electron chi connectivity index (χ2n) is 10.6. The van der Waals surface area contributed by atoms with Gasteiger partial charge in [0.2, 0.25) is 17.7 Å². The molecule has 0 saturated heterocycles. The highest BCUT2D eigenvalue weighted by molar-refractivity contribution is 14.1. The molecule has 0 aliphatic carbocycles. The summed E-state index contributed by atoms with van der Waals surface area (Å²) in [7, 11) is 0. The minimum absolute atomic E-state index is 0.0776. The highest BCUT2D eigenvalue weighted by Crippen LogP contribution is 2.10. The van der Waals surface area contributed by atoms with Gasteiger partial charge < -0.3 is 33.2 Å². The van der Waals surface area contributed by atoms with E-state index < -0.39 is 36.0 Å². The number of Topliss-reactive ketones (excluding diaryl/α,β-unsaturated/α-hetero) is 1. The Hall–Kier alpha value is -3.56. The number of ketones is 1. The zero-order valence-corrected chi connectivity index (χ0v) is 27.3. The van der Waals surface area contributed by atoms with Crippen molar-refractivity contribution in [2.45, 2.75) is 76.0 Å². The normalized spacial score (nSPS) is 13.5. The first-order valence-corrected chi connectivity index (χ1v) is 15.8. The Morgan fingerprint density at radius 3 is 1.70 bits per heavy atom. The van der Waals surface area contributed by atoms with E-state index in [0.717, 1.165) is 17.5 Å². The molecule has 2 aromatic rings. The van der Waals surface area contributed by atoms with E-state index in [-0.39, 0.29) is 37.0 Å². The Kier molecular flexibility index (Phi) is 17.0. The van der Waals surface area contributed by atoms with Crippen molar-refractivity contribution in [2.24, 2.45) is 22.2 Å². The Morgan fingerprint density at radius 1 is 0.705 bits per heavy atom. The molecule has 0 fully saturated rings. The number of nitrogens with two attached hydrogens (primary N) is 3. The van der Waals surface area contributed by atoms with E-state index in [4.69, 9.17) is 17.2 Å². The largest absolute Gasteiger partial charge is 0.370 e. The maximum Gasteiger partial charge on any atom is 0.243 e. The number of unbranched alkanes of at least 4 members (excludes halogenated alkanes) is 1. The fourth-order valence-corrected chi connectivity index (χ4v) is 5.05. The molecule has 2 rings (SSSR count). The molecule has 3 amide bonds. The summed E-state index contributed by atoms with van der Waals surface area (Å²) in [6.07, 6.45) is 3.05. The Bertz CT molecular complexity index is 1210. The SMILES string of the molecule is CC(=O)C(CCCCN)NC(=O)C(CCCN=C(N)N)NC(=O)C(Cc1ccccc1)NC(=O)C(Cc1ccccc1)NI. The van der Waals surface area contributed by atoms with Crippen LogP contribution in [0.4, 0.5) is 0 Å². The highest BCUT2D eigenvalue weighted by atomic mass is 127. The van der Waals surface area contributed by atoms with Gasteiger partial charge in [0.1, 0.15) is 12.1 Å². The average molecular weight is 721 g/mol. The number of rotatable bonds is 20. The Labute approximate surface area is 273 Å². The smallest absolute Gasteiger partial charge is 0.243 e. The lowest BCUT2D eigenvalue weighted by molar-refractivity contribution is -0.133. The maximum absolute atomic E-state index is 13.8. The van der Waals surface area contributed by atoms with E-state index >= 15 is 0 Å². The van der Waals surface area contributed by atoms with Gasteiger partial charge in [0, 0.05) is 35.8 Å². The summed E-state index contributed by atoms with van der Waals surface area (Å²) in [5.74, 6) is -1.66. The van der Waals surface area contributed by atoms with Crippen LogP contribution in [0, 0.1) is 0 Å². The number of carbonyl (C=O) groups is 4. The van der Waals surface area contributed by atoms with E-state index in [9.17, 15) is 19.2 Å². The first kappa shape index (κ1) is 36.6. The highest BCUT2D eigenvalue weighted by Gasteiger charge is 2.30. The van der Waals surface area contributed by atoms with Crippen LogP contribution in [0.15, 0.2) is 65.7 Å². The number of nitrogens with one attached hydrogen (secondary N) is 4. The molecule has 0 heterocycles. The third-order valence-corrected chi connectivity index (χ3v) is 7.73. The van der Waals surface area contributed by atoms with Gasteiger partial charge in [-0.15, -0.1) is 0 Å². The molecule has 13 heteroatoms. The Balaban J connectivity index is 2.25. The van der Waals surface area contributed by atoms with Crippen LogP contribution in [0.1, 0.15) is 50.2 Å². The van der Waals surface area contributed by atoms with Gasteiger partial charge in [0.05, 0.1) is 12.1 Å². The van der Waals surface area contributed by atoms with Crippen LogP contribution in [-0.2, 0) is 32.0 Å². The summed E-state index contributed by atoms with van der Waals surface area (Å²) >= 11 is 1.93. The average Bonchev–Trinajstić information content (AvgIpc) is 3.01. The maximum atomic E-state index is 13.8. The molecule has 0 radical (unpaired) electrons. The molecule has 12 nitrogen and oxygen atoms in total. The van der Waals surface area contributed by atoms with Gasteiger partial charge in [-0.3, -0.25) is 24.2 Å². The van der Waals surface area contributed by atoms with E-state index in [2.05, 4.69) is 24.5 Å². The molecule has 10 N–H and O–H groups in total. The second kappa shape index (κ2) is 20.4.